The van der Waals surface area contributed by atoms with E-state index in [4.69, 9.17) is 5.73 Å². The lowest BCUT2D eigenvalue weighted by molar-refractivity contribution is 0.714. The molecule has 3 N–H and O–H groups in total. The van der Waals surface area contributed by atoms with Crippen LogP contribution in [-0.2, 0) is 20.5 Å². The SMILES string of the molecule is CC(C)c1nn(C)c(NCCc2cnn(C)c2)c1N. The molecule has 0 amide bonds. The molecule has 6 heteroatoms. The lowest BCUT2D eigenvalue weighted by atomic mass is 10.1. The molecule has 2 rings (SSSR count). The van der Waals surface area contributed by atoms with Gasteiger partial charge in [0, 0.05) is 26.8 Å². The number of nitrogens with zero attached hydrogens (tertiary/aromatic N) is 4. The average Bonchev–Trinajstić information content (AvgIpc) is 2.87. The largest absolute Gasteiger partial charge is 0.394 e. The smallest absolute Gasteiger partial charge is 0.147 e. The minimum atomic E-state index is 0.333. The van der Waals surface area contributed by atoms with Crippen LogP contribution in [0.1, 0.15) is 31.0 Å². The van der Waals surface area contributed by atoms with Crippen molar-refractivity contribution in [3.63, 3.8) is 0 Å². The zero-order chi connectivity index (χ0) is 14.0. The molecule has 0 aliphatic rings. The molecular weight excluding hydrogens is 240 g/mol. The molecule has 0 bridgehead atoms. The first-order chi connectivity index (χ1) is 8.99. The summed E-state index contributed by atoms with van der Waals surface area (Å²) in [6, 6.07) is 0. The van der Waals surface area contributed by atoms with Crippen LogP contribution in [0.2, 0.25) is 0 Å². The van der Waals surface area contributed by atoms with Gasteiger partial charge in [-0.25, -0.2) is 0 Å². The van der Waals surface area contributed by atoms with Crippen LogP contribution >= 0.6 is 0 Å². The Balaban J connectivity index is 2.00. The van der Waals surface area contributed by atoms with Crippen LogP contribution < -0.4 is 11.1 Å². The number of nitrogen functional groups attached to an aromatic ring is 1. The normalized spacial score (nSPS) is 11.2. The Hall–Kier alpha value is -1.98. The molecule has 0 spiro atoms. The van der Waals surface area contributed by atoms with Crippen LogP contribution in [0.4, 0.5) is 11.5 Å². The van der Waals surface area contributed by atoms with Crippen molar-refractivity contribution in [3.05, 3.63) is 23.7 Å². The number of aryl methyl sites for hydroxylation is 2. The summed E-state index contributed by atoms with van der Waals surface area (Å²) in [4.78, 5) is 0. The fourth-order valence-electron chi connectivity index (χ4n) is 2.12. The van der Waals surface area contributed by atoms with Gasteiger partial charge in [0.25, 0.3) is 0 Å². The van der Waals surface area contributed by atoms with E-state index in [0.29, 0.717) is 5.92 Å². The fourth-order valence-corrected chi connectivity index (χ4v) is 2.12. The summed E-state index contributed by atoms with van der Waals surface area (Å²) < 4.78 is 3.62. The standard InChI is InChI=1S/C13H22N6/c1-9(2)12-11(14)13(19(4)17-12)15-6-5-10-7-16-18(3)8-10/h7-9,15H,5-6,14H2,1-4H3. The Bertz CT molecular complexity index is 551. The van der Waals surface area contributed by atoms with Gasteiger partial charge in [-0.3, -0.25) is 9.36 Å². The average molecular weight is 262 g/mol. The Morgan fingerprint density at radius 3 is 2.63 bits per heavy atom. The molecule has 6 nitrogen and oxygen atoms in total. The van der Waals surface area contributed by atoms with Crippen molar-refractivity contribution in [3.8, 4) is 0 Å². The third kappa shape index (κ3) is 2.89. The number of rotatable bonds is 5. The Morgan fingerprint density at radius 2 is 2.11 bits per heavy atom. The minimum Gasteiger partial charge on any atom is -0.394 e. The van der Waals surface area contributed by atoms with E-state index in [1.165, 1.54) is 5.56 Å². The molecule has 0 aromatic carbocycles. The van der Waals surface area contributed by atoms with Crippen LogP contribution in [0, 0.1) is 0 Å². The van der Waals surface area contributed by atoms with Crippen molar-refractivity contribution >= 4 is 11.5 Å². The molecule has 19 heavy (non-hydrogen) atoms. The second-order valence-corrected chi connectivity index (χ2v) is 5.12. The van der Waals surface area contributed by atoms with E-state index in [1.54, 1.807) is 0 Å². The maximum Gasteiger partial charge on any atom is 0.147 e. The first kappa shape index (κ1) is 13.5. The predicted octanol–water partition coefficient (Wildman–Crippen LogP) is 1.51. The van der Waals surface area contributed by atoms with Crippen molar-refractivity contribution in [2.24, 2.45) is 14.1 Å². The maximum atomic E-state index is 6.13. The van der Waals surface area contributed by atoms with Gasteiger partial charge in [-0.15, -0.1) is 0 Å². The van der Waals surface area contributed by atoms with Crippen molar-refractivity contribution < 1.29 is 0 Å². The highest BCUT2D eigenvalue weighted by molar-refractivity contribution is 5.65. The molecule has 0 fully saturated rings. The van der Waals surface area contributed by atoms with Gasteiger partial charge in [0.15, 0.2) is 0 Å². The second kappa shape index (κ2) is 5.34. The highest BCUT2D eigenvalue weighted by Crippen LogP contribution is 2.27. The summed E-state index contributed by atoms with van der Waals surface area (Å²) in [6.07, 6.45) is 4.82. The zero-order valence-corrected chi connectivity index (χ0v) is 12.0. The summed E-state index contributed by atoms with van der Waals surface area (Å²) in [5, 5.41) is 12.0. The minimum absolute atomic E-state index is 0.333. The number of aromatic nitrogens is 4. The van der Waals surface area contributed by atoms with Crippen LogP contribution in [0.3, 0.4) is 0 Å². The highest BCUT2D eigenvalue weighted by atomic mass is 15.3. The first-order valence-electron chi connectivity index (χ1n) is 6.52. The number of nitrogens with two attached hydrogens (primary N) is 1. The molecule has 0 saturated heterocycles. The predicted molar refractivity (Wildman–Crippen MR) is 77.1 cm³/mol. The quantitative estimate of drug-likeness (QED) is 0.856. The summed E-state index contributed by atoms with van der Waals surface area (Å²) in [5.41, 5.74) is 9.04. The number of anilines is 2. The van der Waals surface area contributed by atoms with E-state index < -0.39 is 0 Å². The van der Waals surface area contributed by atoms with E-state index in [0.717, 1.165) is 30.2 Å². The van der Waals surface area contributed by atoms with Gasteiger partial charge in [0.05, 0.1) is 17.6 Å². The van der Waals surface area contributed by atoms with E-state index in [9.17, 15) is 0 Å². The number of hydrogen-bond acceptors (Lipinski definition) is 4. The second-order valence-electron chi connectivity index (χ2n) is 5.12. The van der Waals surface area contributed by atoms with Gasteiger partial charge in [-0.05, 0) is 17.9 Å². The summed E-state index contributed by atoms with van der Waals surface area (Å²) in [6.45, 7) is 5.00. The van der Waals surface area contributed by atoms with Gasteiger partial charge in [0.1, 0.15) is 5.82 Å². The molecule has 2 heterocycles. The van der Waals surface area contributed by atoms with Crippen molar-refractivity contribution in [2.75, 3.05) is 17.6 Å². The Morgan fingerprint density at radius 1 is 1.37 bits per heavy atom. The van der Waals surface area contributed by atoms with E-state index >= 15 is 0 Å². The molecule has 0 radical (unpaired) electrons. The topological polar surface area (TPSA) is 73.7 Å². The number of nitrogens with one attached hydrogen (secondary N) is 1. The molecule has 104 valence electrons. The molecule has 0 aliphatic carbocycles. The van der Waals surface area contributed by atoms with Crippen molar-refractivity contribution in [1.29, 1.82) is 0 Å². The number of hydrogen-bond donors (Lipinski definition) is 2. The van der Waals surface area contributed by atoms with Gasteiger partial charge < -0.3 is 11.1 Å². The van der Waals surface area contributed by atoms with Crippen LogP contribution in [0.5, 0.6) is 0 Å². The van der Waals surface area contributed by atoms with E-state index in [-0.39, 0.29) is 0 Å². The summed E-state index contributed by atoms with van der Waals surface area (Å²) in [5.74, 6) is 1.23. The van der Waals surface area contributed by atoms with Crippen molar-refractivity contribution in [1.82, 2.24) is 19.6 Å². The fraction of sp³-hybridized carbons (Fsp3) is 0.538. The summed E-state index contributed by atoms with van der Waals surface area (Å²) in [7, 11) is 3.83. The zero-order valence-electron chi connectivity index (χ0n) is 12.0. The molecular formula is C13H22N6. The van der Waals surface area contributed by atoms with Crippen LogP contribution in [0.15, 0.2) is 12.4 Å². The van der Waals surface area contributed by atoms with Gasteiger partial charge in [0.2, 0.25) is 0 Å². The monoisotopic (exact) mass is 262 g/mol. The van der Waals surface area contributed by atoms with Gasteiger partial charge in [-0.2, -0.15) is 10.2 Å². The van der Waals surface area contributed by atoms with E-state index in [1.807, 2.05) is 35.9 Å². The summed E-state index contributed by atoms with van der Waals surface area (Å²) >= 11 is 0. The Labute approximate surface area is 113 Å². The molecule has 0 atom stereocenters. The van der Waals surface area contributed by atoms with Gasteiger partial charge >= 0.3 is 0 Å². The first-order valence-corrected chi connectivity index (χ1v) is 6.52. The third-order valence-electron chi connectivity index (χ3n) is 3.12. The molecule has 0 aliphatic heterocycles. The molecule has 2 aromatic rings. The molecule has 0 unspecified atom stereocenters. The van der Waals surface area contributed by atoms with Crippen LogP contribution in [-0.4, -0.2) is 26.1 Å². The maximum absolute atomic E-state index is 6.13. The van der Waals surface area contributed by atoms with Crippen LogP contribution in [0.25, 0.3) is 0 Å². The highest BCUT2D eigenvalue weighted by Gasteiger charge is 2.15. The molecule has 2 aromatic heterocycles. The lowest BCUT2D eigenvalue weighted by Gasteiger charge is -2.07. The van der Waals surface area contributed by atoms with Gasteiger partial charge in [-0.1, -0.05) is 13.8 Å². The lowest BCUT2D eigenvalue weighted by Crippen LogP contribution is -2.09. The van der Waals surface area contributed by atoms with E-state index in [2.05, 4.69) is 29.4 Å². The third-order valence-corrected chi connectivity index (χ3v) is 3.12. The Kier molecular flexibility index (Phi) is 3.78. The molecule has 0 saturated carbocycles. The van der Waals surface area contributed by atoms with Crippen molar-refractivity contribution in [2.45, 2.75) is 26.2 Å².